The minimum atomic E-state index is -1.000. The van der Waals surface area contributed by atoms with E-state index in [0.717, 1.165) is 34.2 Å². The number of nitrogens with one attached hydrogen (secondary N) is 2. The Bertz CT molecular complexity index is 1830. The lowest BCUT2D eigenvalue weighted by Gasteiger charge is -2.32. The number of aliphatic hydroxyl groups is 2. The van der Waals surface area contributed by atoms with Crippen molar-refractivity contribution >= 4 is 17.7 Å². The molecule has 7 rings (SSSR count). The molecule has 0 radical (unpaired) electrons. The van der Waals surface area contributed by atoms with Crippen LogP contribution < -0.4 is 10.6 Å². The third-order valence-electron chi connectivity index (χ3n) is 11.1. The first kappa shape index (κ1) is 35.4. The molecule has 8 atom stereocenters. The zero-order valence-corrected chi connectivity index (χ0v) is 29.3. The number of fused-ring (bicyclic) bond motifs is 3. The van der Waals surface area contributed by atoms with Gasteiger partial charge in [-0.25, -0.2) is 0 Å². The van der Waals surface area contributed by atoms with Gasteiger partial charge < -0.3 is 25.7 Å². The molecule has 52 heavy (non-hydrogen) atoms. The second-order valence-electron chi connectivity index (χ2n) is 14.6. The molecule has 0 spiro atoms. The number of carbonyl (C=O) groups excluding carboxylic acids is 3. The zero-order chi connectivity index (χ0) is 36.0. The summed E-state index contributed by atoms with van der Waals surface area (Å²) in [5, 5.41) is 28.1. The van der Waals surface area contributed by atoms with Crippen molar-refractivity contribution in [2.24, 2.45) is 29.6 Å². The highest BCUT2D eigenvalue weighted by Crippen LogP contribution is 2.49. The predicted molar refractivity (Wildman–Crippen MR) is 199 cm³/mol. The quantitative estimate of drug-likeness (QED) is 0.136. The van der Waals surface area contributed by atoms with Gasteiger partial charge in [-0.1, -0.05) is 127 Å². The maximum atomic E-state index is 14.4. The van der Waals surface area contributed by atoms with Gasteiger partial charge in [0.2, 0.25) is 17.7 Å². The van der Waals surface area contributed by atoms with Crippen LogP contribution in [0, 0.1) is 29.6 Å². The van der Waals surface area contributed by atoms with E-state index in [4.69, 9.17) is 0 Å². The molecule has 2 unspecified atom stereocenters. The van der Waals surface area contributed by atoms with Crippen LogP contribution >= 0.6 is 0 Å². The molecule has 8 heteroatoms. The van der Waals surface area contributed by atoms with Crippen molar-refractivity contribution in [1.82, 2.24) is 15.5 Å². The summed E-state index contributed by atoms with van der Waals surface area (Å²) in [6, 6.07) is 36.7. The van der Waals surface area contributed by atoms with E-state index < -0.39 is 36.0 Å². The Labute approximate surface area is 305 Å². The number of benzene rings is 4. The molecule has 0 saturated heterocycles. The largest absolute Gasteiger partial charge is 0.391 e. The number of allylic oxidation sites excluding steroid dienone is 2. The normalized spacial score (nSPS) is 23.8. The van der Waals surface area contributed by atoms with Crippen molar-refractivity contribution in [2.45, 2.75) is 57.0 Å². The fourth-order valence-corrected chi connectivity index (χ4v) is 8.50. The molecule has 3 amide bonds. The minimum Gasteiger partial charge on any atom is -0.391 e. The first-order valence-electron chi connectivity index (χ1n) is 18.4. The monoisotopic (exact) mass is 697 g/mol. The van der Waals surface area contributed by atoms with E-state index in [1.54, 1.807) is 0 Å². The Balaban J connectivity index is 1.03. The molecule has 3 aliphatic carbocycles. The van der Waals surface area contributed by atoms with Crippen LogP contribution in [0.2, 0.25) is 0 Å². The topological polar surface area (TPSA) is 119 Å². The van der Waals surface area contributed by atoms with Gasteiger partial charge in [-0.2, -0.15) is 0 Å². The van der Waals surface area contributed by atoms with Gasteiger partial charge in [-0.05, 0) is 58.9 Å². The van der Waals surface area contributed by atoms with E-state index in [-0.39, 0.29) is 42.5 Å². The smallest absolute Gasteiger partial charge is 0.227 e. The van der Waals surface area contributed by atoms with Crippen LogP contribution in [0.1, 0.15) is 46.7 Å². The van der Waals surface area contributed by atoms with Gasteiger partial charge in [0, 0.05) is 32.0 Å². The second kappa shape index (κ2) is 16.1. The number of hydrogen-bond acceptors (Lipinski definition) is 5. The number of rotatable bonds is 14. The van der Waals surface area contributed by atoms with Gasteiger partial charge in [0.15, 0.2) is 0 Å². The Morgan fingerprint density at radius 2 is 1.29 bits per heavy atom. The van der Waals surface area contributed by atoms with Crippen molar-refractivity contribution in [3.05, 3.63) is 155 Å². The SMILES string of the molecule is O=C(N[C@H]1c2ccccc2C[C@H]1O)[C@@H](Cc1ccccc1)C[C@H](O)CNC(=O)[C@@H]1C2C=CC(C2)[C@H]1C(=O)N(Cc1ccccc1)Cc1ccccc1. The van der Waals surface area contributed by atoms with Crippen molar-refractivity contribution in [3.8, 4) is 0 Å². The average Bonchev–Trinajstić information content (AvgIpc) is 3.88. The Morgan fingerprint density at radius 3 is 1.92 bits per heavy atom. The Hall–Kier alpha value is -5.05. The maximum Gasteiger partial charge on any atom is 0.227 e. The summed E-state index contributed by atoms with van der Waals surface area (Å²) < 4.78 is 0. The summed E-state index contributed by atoms with van der Waals surface area (Å²) in [6.45, 7) is 0.837. The Kier molecular flexibility index (Phi) is 10.9. The van der Waals surface area contributed by atoms with Gasteiger partial charge in [-0.15, -0.1) is 0 Å². The summed E-state index contributed by atoms with van der Waals surface area (Å²) in [6.07, 6.45) is 4.14. The van der Waals surface area contributed by atoms with E-state index in [1.165, 1.54) is 0 Å². The lowest BCUT2D eigenvalue weighted by Crippen LogP contribution is -2.47. The molecule has 1 saturated carbocycles. The Morgan fingerprint density at radius 1 is 0.731 bits per heavy atom. The molecule has 4 aromatic carbocycles. The van der Waals surface area contributed by atoms with Gasteiger partial charge in [-0.3, -0.25) is 14.4 Å². The zero-order valence-electron chi connectivity index (χ0n) is 29.3. The molecule has 3 aliphatic rings. The third kappa shape index (κ3) is 8.04. The molecule has 4 N–H and O–H groups in total. The maximum absolute atomic E-state index is 14.4. The van der Waals surface area contributed by atoms with Crippen molar-refractivity contribution in [3.63, 3.8) is 0 Å². The van der Waals surface area contributed by atoms with Gasteiger partial charge in [0.25, 0.3) is 0 Å². The number of aliphatic hydroxyl groups excluding tert-OH is 2. The lowest BCUT2D eigenvalue weighted by molar-refractivity contribution is -0.143. The summed E-state index contributed by atoms with van der Waals surface area (Å²) in [5.41, 5.74) is 4.92. The molecule has 4 aromatic rings. The molecule has 2 bridgehead atoms. The summed E-state index contributed by atoms with van der Waals surface area (Å²) in [5.74, 6) is -2.27. The van der Waals surface area contributed by atoms with Crippen LogP contribution in [0.5, 0.6) is 0 Å². The molecular formula is C44H47N3O5. The van der Waals surface area contributed by atoms with Crippen LogP contribution in [0.15, 0.2) is 127 Å². The number of amides is 3. The molecule has 268 valence electrons. The highest BCUT2D eigenvalue weighted by atomic mass is 16.3. The first-order valence-corrected chi connectivity index (χ1v) is 18.4. The summed E-state index contributed by atoms with van der Waals surface area (Å²) in [4.78, 5) is 44.1. The molecule has 0 aromatic heterocycles. The average molecular weight is 698 g/mol. The van der Waals surface area contributed by atoms with E-state index in [0.29, 0.717) is 25.9 Å². The lowest BCUT2D eigenvalue weighted by atomic mass is 9.81. The van der Waals surface area contributed by atoms with Crippen LogP contribution in [-0.4, -0.2) is 51.6 Å². The number of hydrogen-bond donors (Lipinski definition) is 4. The summed E-state index contributed by atoms with van der Waals surface area (Å²) >= 11 is 0. The number of nitrogens with zero attached hydrogens (tertiary/aromatic N) is 1. The van der Waals surface area contributed by atoms with Gasteiger partial charge >= 0.3 is 0 Å². The fraction of sp³-hybridized carbons (Fsp3) is 0.341. The molecule has 1 fully saturated rings. The van der Waals surface area contributed by atoms with E-state index in [1.807, 2.05) is 120 Å². The van der Waals surface area contributed by atoms with Crippen molar-refractivity contribution in [2.75, 3.05) is 6.54 Å². The summed E-state index contributed by atoms with van der Waals surface area (Å²) in [7, 11) is 0. The molecule has 0 aliphatic heterocycles. The van der Waals surface area contributed by atoms with Crippen molar-refractivity contribution in [1.29, 1.82) is 0 Å². The van der Waals surface area contributed by atoms with Crippen LogP contribution in [0.4, 0.5) is 0 Å². The minimum absolute atomic E-state index is 0.0257. The highest BCUT2D eigenvalue weighted by molar-refractivity contribution is 5.90. The van der Waals surface area contributed by atoms with Crippen LogP contribution in [0.25, 0.3) is 0 Å². The van der Waals surface area contributed by atoms with E-state index >= 15 is 0 Å². The predicted octanol–water partition coefficient (Wildman–Crippen LogP) is 5.15. The van der Waals surface area contributed by atoms with Crippen LogP contribution in [-0.2, 0) is 40.3 Å². The third-order valence-corrected chi connectivity index (χ3v) is 11.1. The van der Waals surface area contributed by atoms with E-state index in [9.17, 15) is 24.6 Å². The molecule has 8 nitrogen and oxygen atoms in total. The number of carbonyl (C=O) groups is 3. The van der Waals surface area contributed by atoms with Gasteiger partial charge in [0.1, 0.15) is 0 Å². The first-order chi connectivity index (χ1) is 25.3. The standard InChI is InChI=1S/C44H47N3O5/c48-36(24-35(22-29-12-4-1-5-13-29)42(50)46-41-37-19-11-10-18-32(37)25-38(41)49)26-45-43(51)39-33-20-21-34(23-33)40(39)44(52)47(27-30-14-6-2-7-15-30)28-31-16-8-3-9-17-31/h1-21,33-36,38-41,48-49H,22-28H2,(H,45,51)(H,46,50)/t33?,34?,35-,36-,38+,39+,40+,41-/m0/s1. The van der Waals surface area contributed by atoms with Crippen molar-refractivity contribution < 1.29 is 24.6 Å². The van der Waals surface area contributed by atoms with E-state index in [2.05, 4.69) is 22.8 Å². The van der Waals surface area contributed by atoms with Crippen LogP contribution in [0.3, 0.4) is 0 Å². The highest BCUT2D eigenvalue weighted by Gasteiger charge is 2.52. The molecular weight excluding hydrogens is 650 g/mol. The van der Waals surface area contributed by atoms with Gasteiger partial charge in [0.05, 0.1) is 30.1 Å². The molecule has 0 heterocycles. The second-order valence-corrected chi connectivity index (χ2v) is 14.6. The fourth-order valence-electron chi connectivity index (χ4n) is 8.50.